The van der Waals surface area contributed by atoms with Crippen LogP contribution in [-0.4, -0.2) is 48.9 Å². The van der Waals surface area contributed by atoms with E-state index in [4.69, 9.17) is 9.47 Å². The lowest BCUT2D eigenvalue weighted by atomic mass is 10.2. The van der Waals surface area contributed by atoms with Crippen LogP contribution in [0.25, 0.3) is 0 Å². The topological polar surface area (TPSA) is 84.9 Å². The molecule has 0 spiro atoms. The summed E-state index contributed by atoms with van der Waals surface area (Å²) in [5.74, 6) is 0.250. The van der Waals surface area contributed by atoms with Crippen molar-refractivity contribution < 1.29 is 23.9 Å². The summed E-state index contributed by atoms with van der Waals surface area (Å²) >= 11 is 0. The monoisotopic (exact) mass is 410 g/mol. The Morgan fingerprint density at radius 3 is 2.27 bits per heavy atom. The van der Waals surface area contributed by atoms with E-state index >= 15 is 0 Å². The minimum Gasteiger partial charge on any atom is -0.467 e. The number of ether oxygens (including phenoxy) is 2. The average molecular weight is 410 g/mol. The van der Waals surface area contributed by atoms with E-state index in [1.165, 1.54) is 17.6 Å². The van der Waals surface area contributed by atoms with Crippen LogP contribution in [-0.2, 0) is 20.7 Å². The number of nitrogens with zero attached hydrogens (tertiary/aromatic N) is 1. The van der Waals surface area contributed by atoms with E-state index < -0.39 is 12.0 Å². The molecular formula is C23H26N2O5. The van der Waals surface area contributed by atoms with E-state index in [1.807, 2.05) is 24.3 Å². The fourth-order valence-corrected chi connectivity index (χ4v) is 3.41. The summed E-state index contributed by atoms with van der Waals surface area (Å²) in [6.45, 7) is 2.41. The summed E-state index contributed by atoms with van der Waals surface area (Å²) in [6, 6.07) is 14.0. The Kier molecular flexibility index (Phi) is 7.06. The Bertz CT molecular complexity index is 893. The molecule has 1 atom stereocenters. The maximum atomic E-state index is 12.4. The number of nitrogens with one attached hydrogen (secondary N) is 1. The number of amides is 2. The molecule has 0 aromatic heterocycles. The molecule has 0 unspecified atom stereocenters. The molecule has 2 aromatic carbocycles. The van der Waals surface area contributed by atoms with Crippen molar-refractivity contribution in [2.24, 2.45) is 0 Å². The molecule has 7 heteroatoms. The molecule has 1 heterocycles. The van der Waals surface area contributed by atoms with Gasteiger partial charge in [-0.15, -0.1) is 0 Å². The largest absolute Gasteiger partial charge is 0.467 e. The van der Waals surface area contributed by atoms with Crippen molar-refractivity contribution in [2.75, 3.05) is 20.2 Å². The van der Waals surface area contributed by atoms with Crippen LogP contribution in [0.2, 0.25) is 0 Å². The summed E-state index contributed by atoms with van der Waals surface area (Å²) < 4.78 is 10.5. The van der Waals surface area contributed by atoms with E-state index in [-0.39, 0.29) is 18.4 Å². The lowest BCUT2D eigenvalue weighted by Crippen LogP contribution is -2.45. The summed E-state index contributed by atoms with van der Waals surface area (Å²) in [5.41, 5.74) is 1.65. The van der Waals surface area contributed by atoms with E-state index in [1.54, 1.807) is 24.3 Å². The number of benzene rings is 2. The van der Waals surface area contributed by atoms with Gasteiger partial charge in [0, 0.05) is 12.1 Å². The fraction of sp³-hybridized carbons (Fsp3) is 0.348. The highest BCUT2D eigenvalue weighted by molar-refractivity contribution is 5.97. The number of methoxy groups -OCH3 is 1. The summed E-state index contributed by atoms with van der Waals surface area (Å²) in [5, 5.41) is 2.61. The Morgan fingerprint density at radius 2 is 1.67 bits per heavy atom. The molecule has 30 heavy (non-hydrogen) atoms. The zero-order valence-electron chi connectivity index (χ0n) is 17.2. The van der Waals surface area contributed by atoms with Crippen LogP contribution < -0.4 is 10.1 Å². The normalized spacial score (nSPS) is 15.5. The van der Waals surface area contributed by atoms with Crippen molar-refractivity contribution in [2.45, 2.75) is 32.2 Å². The Balaban J connectivity index is 1.53. The van der Waals surface area contributed by atoms with Gasteiger partial charge < -0.3 is 19.7 Å². The minimum absolute atomic E-state index is 0.172. The maximum Gasteiger partial charge on any atom is 0.328 e. The van der Waals surface area contributed by atoms with Crippen LogP contribution >= 0.6 is 0 Å². The van der Waals surface area contributed by atoms with Gasteiger partial charge in [-0.25, -0.2) is 4.79 Å². The first-order valence-corrected chi connectivity index (χ1v) is 10.0. The quantitative estimate of drug-likeness (QED) is 0.710. The molecule has 158 valence electrons. The van der Waals surface area contributed by atoms with E-state index in [0.29, 0.717) is 24.3 Å². The standard InChI is InChI=1S/C23H26N2O5/c1-3-16-6-10-18(11-7-16)30-19-12-8-17(9-13-19)22(27)24-15-21(26)25-14-4-5-20(25)23(28)29-2/h6-13,20H,3-5,14-15H2,1-2H3,(H,24,27)/t20-/m0/s1. The third kappa shape index (κ3) is 5.17. The predicted octanol–water partition coefficient (Wildman–Crippen LogP) is 2.94. The molecule has 1 aliphatic rings. The number of aryl methyl sites for hydroxylation is 1. The predicted molar refractivity (Wildman–Crippen MR) is 111 cm³/mol. The highest BCUT2D eigenvalue weighted by Crippen LogP contribution is 2.22. The first-order chi connectivity index (χ1) is 14.5. The molecule has 1 fully saturated rings. The number of rotatable bonds is 7. The van der Waals surface area contributed by atoms with Gasteiger partial charge >= 0.3 is 5.97 Å². The fourth-order valence-electron chi connectivity index (χ4n) is 3.41. The lowest BCUT2D eigenvalue weighted by molar-refractivity contribution is -0.150. The van der Waals surface area contributed by atoms with Gasteiger partial charge in [-0.3, -0.25) is 9.59 Å². The zero-order valence-corrected chi connectivity index (χ0v) is 17.2. The van der Waals surface area contributed by atoms with Gasteiger partial charge in [0.2, 0.25) is 5.91 Å². The van der Waals surface area contributed by atoms with Crippen LogP contribution in [0, 0.1) is 0 Å². The highest BCUT2D eigenvalue weighted by atomic mass is 16.5. The Morgan fingerprint density at radius 1 is 1.03 bits per heavy atom. The van der Waals surface area contributed by atoms with Crippen molar-refractivity contribution >= 4 is 17.8 Å². The Labute approximate surface area is 176 Å². The summed E-state index contributed by atoms with van der Waals surface area (Å²) in [6.07, 6.45) is 2.28. The van der Waals surface area contributed by atoms with Crippen molar-refractivity contribution in [3.05, 3.63) is 59.7 Å². The van der Waals surface area contributed by atoms with Gasteiger partial charge in [0.1, 0.15) is 17.5 Å². The summed E-state index contributed by atoms with van der Waals surface area (Å²) in [7, 11) is 1.30. The lowest BCUT2D eigenvalue weighted by Gasteiger charge is -2.22. The average Bonchev–Trinajstić information content (AvgIpc) is 3.28. The second-order valence-corrected chi connectivity index (χ2v) is 7.07. The molecular weight excluding hydrogens is 384 g/mol. The molecule has 3 rings (SSSR count). The van der Waals surface area contributed by atoms with Crippen LogP contribution in [0.4, 0.5) is 0 Å². The molecule has 2 aromatic rings. The SMILES string of the molecule is CCc1ccc(Oc2ccc(C(=O)NCC(=O)N3CCC[C@H]3C(=O)OC)cc2)cc1. The van der Waals surface area contributed by atoms with Crippen molar-refractivity contribution in [1.29, 1.82) is 0 Å². The molecule has 1 N–H and O–H groups in total. The van der Waals surface area contributed by atoms with Crippen LogP contribution in [0.15, 0.2) is 48.5 Å². The van der Waals surface area contributed by atoms with Crippen molar-refractivity contribution in [3.63, 3.8) is 0 Å². The number of likely N-dealkylation sites (tertiary alicyclic amines) is 1. The van der Waals surface area contributed by atoms with Gasteiger partial charge in [0.05, 0.1) is 13.7 Å². The third-order valence-electron chi connectivity index (χ3n) is 5.13. The zero-order chi connectivity index (χ0) is 21.5. The van der Waals surface area contributed by atoms with Crippen LogP contribution in [0.1, 0.15) is 35.7 Å². The molecule has 2 amide bonds. The van der Waals surface area contributed by atoms with Gasteiger partial charge in [-0.2, -0.15) is 0 Å². The van der Waals surface area contributed by atoms with Gasteiger partial charge in [-0.1, -0.05) is 19.1 Å². The molecule has 0 aliphatic carbocycles. The van der Waals surface area contributed by atoms with Crippen molar-refractivity contribution in [3.8, 4) is 11.5 Å². The maximum absolute atomic E-state index is 12.4. The number of esters is 1. The second-order valence-electron chi connectivity index (χ2n) is 7.07. The molecule has 1 aliphatic heterocycles. The number of carbonyl (C=O) groups is 3. The molecule has 0 saturated carbocycles. The minimum atomic E-state index is -0.567. The number of hydrogen-bond acceptors (Lipinski definition) is 5. The number of carbonyl (C=O) groups excluding carboxylic acids is 3. The van der Waals surface area contributed by atoms with E-state index in [0.717, 1.165) is 18.6 Å². The van der Waals surface area contributed by atoms with Gasteiger partial charge in [-0.05, 0) is 61.2 Å². The van der Waals surface area contributed by atoms with Crippen LogP contribution in [0.3, 0.4) is 0 Å². The first kappa shape index (κ1) is 21.4. The Hall–Kier alpha value is -3.35. The molecule has 0 bridgehead atoms. The van der Waals surface area contributed by atoms with E-state index in [9.17, 15) is 14.4 Å². The molecule has 0 radical (unpaired) electrons. The van der Waals surface area contributed by atoms with Gasteiger partial charge in [0.25, 0.3) is 5.91 Å². The van der Waals surface area contributed by atoms with E-state index in [2.05, 4.69) is 12.2 Å². The van der Waals surface area contributed by atoms with Crippen molar-refractivity contribution in [1.82, 2.24) is 10.2 Å². The molecule has 7 nitrogen and oxygen atoms in total. The smallest absolute Gasteiger partial charge is 0.328 e. The first-order valence-electron chi connectivity index (χ1n) is 10.0. The number of hydrogen-bond donors (Lipinski definition) is 1. The van der Waals surface area contributed by atoms with Crippen LogP contribution in [0.5, 0.6) is 11.5 Å². The highest BCUT2D eigenvalue weighted by Gasteiger charge is 2.34. The molecule has 1 saturated heterocycles. The third-order valence-corrected chi connectivity index (χ3v) is 5.13. The second kappa shape index (κ2) is 9.91. The van der Waals surface area contributed by atoms with Gasteiger partial charge in [0.15, 0.2) is 0 Å². The summed E-state index contributed by atoms with van der Waals surface area (Å²) in [4.78, 5) is 38.0.